The van der Waals surface area contributed by atoms with E-state index in [0.29, 0.717) is 22.1 Å². The molecular formula is C15H8N4O. The van der Waals surface area contributed by atoms with Crippen LogP contribution in [-0.4, -0.2) is 19.9 Å². The minimum atomic E-state index is -0.317. The molecule has 0 saturated carbocycles. The third-order valence-electron chi connectivity index (χ3n) is 3.22. The van der Waals surface area contributed by atoms with E-state index < -0.39 is 0 Å². The fourth-order valence-electron chi connectivity index (χ4n) is 2.26. The smallest absolute Gasteiger partial charge is 0.267 e. The van der Waals surface area contributed by atoms with Gasteiger partial charge in [-0.2, -0.15) is 0 Å². The van der Waals surface area contributed by atoms with Gasteiger partial charge in [-0.15, -0.1) is 0 Å². The quantitative estimate of drug-likeness (QED) is 0.484. The van der Waals surface area contributed by atoms with Crippen LogP contribution in [0.15, 0.2) is 53.7 Å². The maximum atomic E-state index is 12.2. The van der Waals surface area contributed by atoms with Gasteiger partial charge in [-0.25, -0.2) is 19.9 Å². The molecule has 4 rings (SSSR count). The van der Waals surface area contributed by atoms with E-state index in [1.165, 1.54) is 12.5 Å². The molecule has 4 aromatic rings. The average molecular weight is 260 g/mol. The SMILES string of the molecule is O=c1nc2cncnc2nc2cc3ccccc3cc12. The molecule has 0 unspecified atom stereocenters. The molecule has 0 aliphatic heterocycles. The standard InChI is InChI=1S/C15H8N4O/c20-15-11-5-9-3-1-2-4-10(9)6-12(11)18-14-13(19-15)7-16-8-17-14/h1-8H. The van der Waals surface area contributed by atoms with E-state index in [4.69, 9.17) is 0 Å². The Morgan fingerprint density at radius 2 is 1.70 bits per heavy atom. The van der Waals surface area contributed by atoms with Crippen molar-refractivity contribution in [1.29, 1.82) is 0 Å². The van der Waals surface area contributed by atoms with Crippen LogP contribution in [0.4, 0.5) is 0 Å². The second-order valence-electron chi connectivity index (χ2n) is 4.48. The van der Waals surface area contributed by atoms with Crippen molar-refractivity contribution in [2.75, 3.05) is 0 Å². The summed E-state index contributed by atoms with van der Waals surface area (Å²) in [4.78, 5) is 28.6. The number of aromatic nitrogens is 4. The molecule has 0 radical (unpaired) electrons. The highest BCUT2D eigenvalue weighted by Gasteiger charge is 2.05. The molecule has 0 aliphatic carbocycles. The van der Waals surface area contributed by atoms with Crippen molar-refractivity contribution >= 4 is 32.8 Å². The van der Waals surface area contributed by atoms with Crippen molar-refractivity contribution in [2.24, 2.45) is 0 Å². The number of nitrogens with zero attached hydrogens (tertiary/aromatic N) is 4. The molecule has 0 fully saturated rings. The lowest BCUT2D eigenvalue weighted by molar-refractivity contribution is 1.18. The van der Waals surface area contributed by atoms with Gasteiger partial charge in [0.1, 0.15) is 11.8 Å². The number of hydrogen-bond acceptors (Lipinski definition) is 5. The van der Waals surface area contributed by atoms with Crippen molar-refractivity contribution in [3.63, 3.8) is 0 Å². The minimum absolute atomic E-state index is 0.317. The van der Waals surface area contributed by atoms with Gasteiger partial charge in [-0.1, -0.05) is 24.3 Å². The maximum Gasteiger partial charge on any atom is 0.279 e. The van der Waals surface area contributed by atoms with Gasteiger partial charge in [0.25, 0.3) is 5.56 Å². The first-order chi connectivity index (χ1) is 9.81. The molecule has 0 saturated heterocycles. The van der Waals surface area contributed by atoms with Crippen LogP contribution in [-0.2, 0) is 0 Å². The van der Waals surface area contributed by atoms with Crippen LogP contribution < -0.4 is 5.56 Å². The number of fused-ring (bicyclic) bond motifs is 3. The van der Waals surface area contributed by atoms with Gasteiger partial charge in [0.2, 0.25) is 0 Å². The lowest BCUT2D eigenvalue weighted by Crippen LogP contribution is -2.02. The average Bonchev–Trinajstić information content (AvgIpc) is 2.61. The van der Waals surface area contributed by atoms with E-state index in [0.717, 1.165) is 10.8 Å². The molecule has 0 atom stereocenters. The Morgan fingerprint density at radius 1 is 0.900 bits per heavy atom. The minimum Gasteiger partial charge on any atom is -0.267 e. The number of hydrogen-bond donors (Lipinski definition) is 0. The van der Waals surface area contributed by atoms with E-state index >= 15 is 0 Å². The Bertz CT molecular complexity index is 1030. The first-order valence-electron chi connectivity index (χ1n) is 6.12. The summed E-state index contributed by atoms with van der Waals surface area (Å²) in [6.07, 6.45) is 2.89. The highest BCUT2D eigenvalue weighted by atomic mass is 16.1. The van der Waals surface area contributed by atoms with E-state index in [9.17, 15) is 4.79 Å². The predicted molar refractivity (Wildman–Crippen MR) is 76.4 cm³/mol. The second-order valence-corrected chi connectivity index (χ2v) is 4.48. The Hall–Kier alpha value is -2.95. The van der Waals surface area contributed by atoms with Gasteiger partial charge in [0, 0.05) is 0 Å². The van der Waals surface area contributed by atoms with E-state index in [1.807, 2.05) is 36.4 Å². The van der Waals surface area contributed by atoms with E-state index in [2.05, 4.69) is 19.9 Å². The first kappa shape index (κ1) is 10.9. The summed E-state index contributed by atoms with van der Waals surface area (Å²) in [7, 11) is 0. The van der Waals surface area contributed by atoms with Gasteiger partial charge >= 0.3 is 0 Å². The van der Waals surface area contributed by atoms with E-state index in [-0.39, 0.29) is 5.56 Å². The third-order valence-corrected chi connectivity index (χ3v) is 3.22. The summed E-state index contributed by atoms with van der Waals surface area (Å²) in [5, 5.41) is 2.50. The molecule has 0 aliphatic rings. The maximum absolute atomic E-state index is 12.2. The van der Waals surface area contributed by atoms with Gasteiger partial charge < -0.3 is 0 Å². The summed E-state index contributed by atoms with van der Waals surface area (Å²) in [6, 6.07) is 11.5. The fraction of sp³-hybridized carbons (Fsp3) is 0. The molecule has 0 spiro atoms. The van der Waals surface area contributed by atoms with Crippen LogP contribution in [0, 0.1) is 0 Å². The van der Waals surface area contributed by atoms with E-state index in [1.54, 1.807) is 0 Å². The van der Waals surface area contributed by atoms with Crippen LogP contribution >= 0.6 is 0 Å². The first-order valence-corrected chi connectivity index (χ1v) is 6.12. The Kier molecular flexibility index (Phi) is 2.20. The van der Waals surface area contributed by atoms with Crippen molar-refractivity contribution in [2.45, 2.75) is 0 Å². The summed E-state index contributed by atoms with van der Waals surface area (Å²) in [6.45, 7) is 0. The number of benzene rings is 2. The normalized spacial score (nSPS) is 11.2. The van der Waals surface area contributed by atoms with Gasteiger partial charge in [0.15, 0.2) is 5.65 Å². The molecule has 5 nitrogen and oxygen atoms in total. The lowest BCUT2D eigenvalue weighted by Gasteiger charge is -1.97. The molecule has 0 bridgehead atoms. The summed E-state index contributed by atoms with van der Waals surface area (Å²) < 4.78 is 0. The molecule has 5 heteroatoms. The third kappa shape index (κ3) is 1.60. The molecule has 94 valence electrons. The monoisotopic (exact) mass is 260 g/mol. The van der Waals surface area contributed by atoms with Crippen molar-refractivity contribution in [1.82, 2.24) is 19.9 Å². The van der Waals surface area contributed by atoms with Crippen LogP contribution in [0.1, 0.15) is 0 Å². The molecule has 20 heavy (non-hydrogen) atoms. The highest BCUT2D eigenvalue weighted by Crippen LogP contribution is 2.19. The molecular weight excluding hydrogens is 252 g/mol. The van der Waals surface area contributed by atoms with Crippen LogP contribution in [0.25, 0.3) is 32.8 Å². The Balaban J connectivity index is 2.30. The van der Waals surface area contributed by atoms with Gasteiger partial charge in [-0.3, -0.25) is 4.79 Å². The lowest BCUT2D eigenvalue weighted by atomic mass is 10.1. The molecule has 2 heterocycles. The zero-order valence-electron chi connectivity index (χ0n) is 10.3. The summed E-state index contributed by atoms with van der Waals surface area (Å²) in [5.74, 6) is 0. The highest BCUT2D eigenvalue weighted by molar-refractivity contribution is 5.96. The van der Waals surface area contributed by atoms with Crippen LogP contribution in [0.2, 0.25) is 0 Å². The Morgan fingerprint density at radius 3 is 2.55 bits per heavy atom. The topological polar surface area (TPSA) is 68.6 Å². The molecule has 2 aromatic heterocycles. The zero-order valence-corrected chi connectivity index (χ0v) is 10.3. The molecule has 0 N–H and O–H groups in total. The number of rotatable bonds is 0. The summed E-state index contributed by atoms with van der Waals surface area (Å²) >= 11 is 0. The van der Waals surface area contributed by atoms with Gasteiger partial charge in [-0.05, 0) is 22.9 Å². The van der Waals surface area contributed by atoms with Crippen molar-refractivity contribution < 1.29 is 0 Å². The van der Waals surface area contributed by atoms with Gasteiger partial charge in [0.05, 0.1) is 17.1 Å². The van der Waals surface area contributed by atoms with Crippen molar-refractivity contribution in [3.8, 4) is 0 Å². The fourth-order valence-corrected chi connectivity index (χ4v) is 2.26. The zero-order chi connectivity index (χ0) is 13.5. The molecule has 0 amide bonds. The summed E-state index contributed by atoms with van der Waals surface area (Å²) in [5.41, 5.74) is 1.10. The van der Waals surface area contributed by atoms with Crippen molar-refractivity contribution in [3.05, 3.63) is 59.3 Å². The molecule has 2 aromatic carbocycles. The second kappa shape index (κ2) is 4.03. The largest absolute Gasteiger partial charge is 0.279 e. The predicted octanol–water partition coefficient (Wildman–Crippen LogP) is 2.09. The van der Waals surface area contributed by atoms with Crippen LogP contribution in [0.5, 0.6) is 0 Å². The Labute approximate surface area is 113 Å². The van der Waals surface area contributed by atoms with Crippen LogP contribution in [0.3, 0.4) is 0 Å².